The number of hydrogen-bond donors (Lipinski definition) is 0. The Labute approximate surface area is 122 Å². The first-order valence-electron chi connectivity index (χ1n) is 7.40. The highest BCUT2D eigenvalue weighted by Gasteiger charge is 2.17. The van der Waals surface area contributed by atoms with Crippen molar-refractivity contribution in [1.29, 1.82) is 0 Å². The minimum Gasteiger partial charge on any atom is -0.494 e. The molecule has 2 aromatic carbocycles. The lowest BCUT2D eigenvalue weighted by Crippen LogP contribution is -2.14. The summed E-state index contributed by atoms with van der Waals surface area (Å²) in [6, 6.07) is 17.2. The molecule has 0 radical (unpaired) electrons. The lowest BCUT2D eigenvalue weighted by atomic mass is 9.82. The smallest absolute Gasteiger partial charge is 0.119 e. The molecule has 106 valence electrons. The summed E-state index contributed by atoms with van der Waals surface area (Å²) >= 11 is 0. The van der Waals surface area contributed by atoms with Crippen molar-refractivity contribution in [3.63, 3.8) is 0 Å². The Balaban J connectivity index is 2.21. The van der Waals surface area contributed by atoms with E-state index >= 15 is 0 Å². The predicted octanol–water partition coefficient (Wildman–Crippen LogP) is 5.44. The van der Waals surface area contributed by atoms with Crippen LogP contribution in [0.4, 0.5) is 0 Å². The lowest BCUT2D eigenvalue weighted by Gasteiger charge is -2.23. The molecule has 0 amide bonds. The van der Waals surface area contributed by atoms with Crippen molar-refractivity contribution in [1.82, 2.24) is 0 Å². The molecule has 0 saturated carbocycles. The summed E-state index contributed by atoms with van der Waals surface area (Å²) in [7, 11) is 0. The molecule has 0 aliphatic rings. The van der Waals surface area contributed by atoms with E-state index in [1.807, 2.05) is 19.1 Å². The molecule has 0 saturated heterocycles. The summed E-state index contributed by atoms with van der Waals surface area (Å²) in [6.07, 6.45) is 1.15. The first-order chi connectivity index (χ1) is 9.56. The number of benzene rings is 2. The highest BCUT2D eigenvalue weighted by molar-refractivity contribution is 5.64. The predicted molar refractivity (Wildman–Crippen MR) is 86.4 cm³/mol. The van der Waals surface area contributed by atoms with Crippen molar-refractivity contribution in [2.75, 3.05) is 6.61 Å². The second kappa shape index (κ2) is 6.13. The van der Waals surface area contributed by atoms with E-state index in [1.54, 1.807) is 0 Å². The zero-order valence-electron chi connectivity index (χ0n) is 12.9. The van der Waals surface area contributed by atoms with Crippen LogP contribution in [0, 0.1) is 0 Å². The third kappa shape index (κ3) is 3.22. The van der Waals surface area contributed by atoms with Crippen molar-refractivity contribution >= 4 is 0 Å². The minimum atomic E-state index is 0.247. The fraction of sp³-hybridized carbons (Fsp3) is 0.368. The first kappa shape index (κ1) is 14.6. The Bertz CT molecular complexity index is 535. The van der Waals surface area contributed by atoms with Gasteiger partial charge in [0.2, 0.25) is 0 Å². The summed E-state index contributed by atoms with van der Waals surface area (Å²) < 4.78 is 5.48. The molecule has 2 aromatic rings. The van der Waals surface area contributed by atoms with Gasteiger partial charge in [0.1, 0.15) is 5.75 Å². The third-order valence-electron chi connectivity index (χ3n) is 4.05. The maximum absolute atomic E-state index is 5.48. The molecule has 0 aliphatic carbocycles. The molecule has 0 N–H and O–H groups in total. The molecule has 0 atom stereocenters. The van der Waals surface area contributed by atoms with Crippen LogP contribution in [0.25, 0.3) is 11.1 Å². The van der Waals surface area contributed by atoms with Gasteiger partial charge in [-0.1, -0.05) is 57.2 Å². The Hall–Kier alpha value is -1.76. The van der Waals surface area contributed by atoms with Crippen molar-refractivity contribution in [3.05, 3.63) is 54.1 Å². The van der Waals surface area contributed by atoms with Crippen LogP contribution in [0.5, 0.6) is 5.75 Å². The number of ether oxygens (including phenoxy) is 1. The Kier molecular flexibility index (Phi) is 4.49. The quantitative estimate of drug-likeness (QED) is 0.701. The zero-order chi connectivity index (χ0) is 14.6. The van der Waals surface area contributed by atoms with Crippen LogP contribution in [-0.4, -0.2) is 6.61 Å². The summed E-state index contributed by atoms with van der Waals surface area (Å²) in [5.74, 6) is 0.931. The highest BCUT2D eigenvalue weighted by atomic mass is 16.5. The van der Waals surface area contributed by atoms with Crippen molar-refractivity contribution < 1.29 is 4.74 Å². The average Bonchev–Trinajstić information content (AvgIpc) is 2.48. The Morgan fingerprint density at radius 2 is 1.30 bits per heavy atom. The van der Waals surface area contributed by atoms with Crippen LogP contribution < -0.4 is 4.74 Å². The van der Waals surface area contributed by atoms with E-state index in [1.165, 1.54) is 16.7 Å². The maximum atomic E-state index is 5.48. The summed E-state index contributed by atoms with van der Waals surface area (Å²) in [4.78, 5) is 0. The second-order valence-corrected chi connectivity index (χ2v) is 5.77. The van der Waals surface area contributed by atoms with Crippen LogP contribution in [0.15, 0.2) is 48.5 Å². The van der Waals surface area contributed by atoms with Crippen molar-refractivity contribution in [3.8, 4) is 16.9 Å². The molecule has 0 bridgehead atoms. The SMILES string of the molecule is CCOc1ccc(-c2ccc(C(C)(C)CC)cc2)cc1. The van der Waals surface area contributed by atoms with Gasteiger partial charge in [-0.05, 0) is 47.6 Å². The topological polar surface area (TPSA) is 9.23 Å². The van der Waals surface area contributed by atoms with Gasteiger partial charge in [-0.2, -0.15) is 0 Å². The van der Waals surface area contributed by atoms with Gasteiger partial charge >= 0.3 is 0 Å². The van der Waals surface area contributed by atoms with Gasteiger partial charge in [0.25, 0.3) is 0 Å². The molecule has 0 unspecified atom stereocenters. The summed E-state index contributed by atoms with van der Waals surface area (Å²) in [6.45, 7) is 9.53. The molecule has 0 heterocycles. The van der Waals surface area contributed by atoms with Crippen molar-refractivity contribution in [2.45, 2.75) is 39.5 Å². The van der Waals surface area contributed by atoms with Gasteiger partial charge in [-0.15, -0.1) is 0 Å². The number of rotatable bonds is 5. The van der Waals surface area contributed by atoms with Gasteiger partial charge in [0.15, 0.2) is 0 Å². The fourth-order valence-corrected chi connectivity index (χ4v) is 2.23. The Morgan fingerprint density at radius 3 is 1.75 bits per heavy atom. The monoisotopic (exact) mass is 268 g/mol. The molecule has 20 heavy (non-hydrogen) atoms. The van der Waals surface area contributed by atoms with Crippen LogP contribution in [0.2, 0.25) is 0 Å². The van der Waals surface area contributed by atoms with E-state index in [0.29, 0.717) is 6.61 Å². The highest BCUT2D eigenvalue weighted by Crippen LogP contribution is 2.29. The molecular weight excluding hydrogens is 244 g/mol. The molecule has 0 spiro atoms. The van der Waals surface area contributed by atoms with Gasteiger partial charge in [-0.25, -0.2) is 0 Å². The molecule has 2 rings (SSSR count). The molecule has 1 nitrogen and oxygen atoms in total. The molecule has 0 aromatic heterocycles. The second-order valence-electron chi connectivity index (χ2n) is 5.77. The summed E-state index contributed by atoms with van der Waals surface area (Å²) in [5.41, 5.74) is 4.13. The first-order valence-corrected chi connectivity index (χ1v) is 7.40. The summed E-state index contributed by atoms with van der Waals surface area (Å²) in [5, 5.41) is 0. The molecular formula is C19H24O. The van der Waals surface area contributed by atoms with Crippen LogP contribution in [-0.2, 0) is 5.41 Å². The van der Waals surface area contributed by atoms with E-state index in [-0.39, 0.29) is 5.41 Å². The van der Waals surface area contributed by atoms with Crippen LogP contribution in [0.1, 0.15) is 39.7 Å². The zero-order valence-corrected chi connectivity index (χ0v) is 12.9. The average molecular weight is 268 g/mol. The minimum absolute atomic E-state index is 0.247. The van der Waals surface area contributed by atoms with E-state index < -0.39 is 0 Å². The fourth-order valence-electron chi connectivity index (χ4n) is 2.23. The van der Waals surface area contributed by atoms with E-state index in [0.717, 1.165) is 12.2 Å². The van der Waals surface area contributed by atoms with Gasteiger partial charge in [0, 0.05) is 0 Å². The number of hydrogen-bond acceptors (Lipinski definition) is 1. The standard InChI is InChI=1S/C19H24O/c1-5-19(3,4)17-11-7-15(8-12-17)16-9-13-18(14-10-16)20-6-2/h7-14H,5-6H2,1-4H3. The molecule has 0 aliphatic heterocycles. The normalized spacial score (nSPS) is 11.4. The largest absolute Gasteiger partial charge is 0.494 e. The van der Waals surface area contributed by atoms with Crippen LogP contribution in [0.3, 0.4) is 0 Å². The van der Waals surface area contributed by atoms with Gasteiger partial charge in [0.05, 0.1) is 6.61 Å². The molecule has 0 fully saturated rings. The van der Waals surface area contributed by atoms with Gasteiger partial charge < -0.3 is 4.74 Å². The third-order valence-corrected chi connectivity index (χ3v) is 4.05. The van der Waals surface area contributed by atoms with Crippen molar-refractivity contribution in [2.24, 2.45) is 0 Å². The van der Waals surface area contributed by atoms with E-state index in [9.17, 15) is 0 Å². The lowest BCUT2D eigenvalue weighted by molar-refractivity contribution is 0.340. The maximum Gasteiger partial charge on any atom is 0.119 e. The van der Waals surface area contributed by atoms with Gasteiger partial charge in [-0.3, -0.25) is 0 Å². The molecule has 1 heteroatoms. The van der Waals surface area contributed by atoms with E-state index in [4.69, 9.17) is 4.74 Å². The van der Waals surface area contributed by atoms with E-state index in [2.05, 4.69) is 57.2 Å². The van der Waals surface area contributed by atoms with Crippen LogP contribution >= 0.6 is 0 Å². The Morgan fingerprint density at radius 1 is 0.800 bits per heavy atom.